The summed E-state index contributed by atoms with van der Waals surface area (Å²) in [6.45, 7) is 5.63. The van der Waals surface area contributed by atoms with Crippen molar-refractivity contribution in [1.29, 1.82) is 0 Å². The van der Waals surface area contributed by atoms with E-state index in [9.17, 15) is 18.0 Å². The smallest absolute Gasteiger partial charge is 0.270 e. The second kappa shape index (κ2) is 10.1. The van der Waals surface area contributed by atoms with Gasteiger partial charge in [-0.05, 0) is 62.8 Å². The standard InChI is InChI=1S/C31H32N6O5S/c1-19-7-8-20(2)25(15-19)34-28-23(16-32-27-22(17-33-37(27)28)29(38)35-43(40,41)21-9-10-21)30(39)36-13-11-31(12-14-36)18-42-26-6-4-3-5-24(26)31/h3-8,15-17,21,34H,9-14,18H2,1-2H3,(H,35,38). The Labute approximate surface area is 249 Å². The van der Waals surface area contributed by atoms with Crippen LogP contribution in [0.1, 0.15) is 63.1 Å². The predicted molar refractivity (Wildman–Crippen MR) is 160 cm³/mol. The van der Waals surface area contributed by atoms with Gasteiger partial charge in [-0.3, -0.25) is 9.59 Å². The maximum Gasteiger partial charge on any atom is 0.270 e. The summed E-state index contributed by atoms with van der Waals surface area (Å²) in [6.07, 6.45) is 5.33. The summed E-state index contributed by atoms with van der Waals surface area (Å²) in [4.78, 5) is 33.4. The van der Waals surface area contributed by atoms with Crippen molar-refractivity contribution in [2.45, 2.75) is 50.2 Å². The number of nitrogens with zero attached hydrogens (tertiary/aromatic N) is 4. The first-order chi connectivity index (χ1) is 20.6. The number of likely N-dealkylation sites (tertiary alicyclic amines) is 1. The average Bonchev–Trinajstić information content (AvgIpc) is 3.69. The van der Waals surface area contributed by atoms with E-state index >= 15 is 0 Å². The first-order valence-corrected chi connectivity index (χ1v) is 16.0. The second-order valence-corrected chi connectivity index (χ2v) is 13.8. The third kappa shape index (κ3) is 4.79. The molecule has 2 fully saturated rings. The zero-order valence-corrected chi connectivity index (χ0v) is 24.8. The van der Waals surface area contributed by atoms with Crippen molar-refractivity contribution >= 4 is 39.0 Å². The molecule has 4 heterocycles. The number of para-hydroxylation sites is 1. The molecular formula is C31H32N6O5S. The Morgan fingerprint density at radius 3 is 2.56 bits per heavy atom. The highest BCUT2D eigenvalue weighted by Gasteiger charge is 2.44. The molecule has 4 aromatic rings. The van der Waals surface area contributed by atoms with Gasteiger partial charge in [0.2, 0.25) is 10.0 Å². The van der Waals surface area contributed by atoms with E-state index in [4.69, 9.17) is 4.74 Å². The minimum Gasteiger partial charge on any atom is -0.492 e. The fourth-order valence-electron chi connectivity index (χ4n) is 6.06. The van der Waals surface area contributed by atoms with Crippen molar-refractivity contribution in [2.75, 3.05) is 25.0 Å². The SMILES string of the molecule is Cc1ccc(C)c(Nc2c(C(=O)N3CCC4(CC3)COc3ccccc34)cnc3c(C(=O)NS(=O)(=O)C4CC4)cnn23)c1. The summed E-state index contributed by atoms with van der Waals surface area (Å²) < 4.78 is 34.4. The molecule has 2 aromatic carbocycles. The lowest BCUT2D eigenvalue weighted by atomic mass is 9.74. The average molecular weight is 601 g/mol. The van der Waals surface area contributed by atoms with Crippen LogP contribution >= 0.6 is 0 Å². The van der Waals surface area contributed by atoms with Gasteiger partial charge in [0.25, 0.3) is 11.8 Å². The first-order valence-electron chi connectivity index (χ1n) is 14.4. The molecule has 1 spiro atoms. The predicted octanol–water partition coefficient (Wildman–Crippen LogP) is 3.88. The Bertz CT molecular complexity index is 1890. The molecule has 2 N–H and O–H groups in total. The molecule has 1 aliphatic carbocycles. The highest BCUT2D eigenvalue weighted by atomic mass is 32.2. The molecule has 2 amide bonds. The number of sulfonamides is 1. The van der Waals surface area contributed by atoms with Crippen LogP contribution in [-0.4, -0.2) is 64.7 Å². The van der Waals surface area contributed by atoms with Gasteiger partial charge in [-0.15, -0.1) is 0 Å². The van der Waals surface area contributed by atoms with Crippen molar-refractivity contribution in [2.24, 2.45) is 0 Å². The highest BCUT2D eigenvalue weighted by molar-refractivity contribution is 7.91. The van der Waals surface area contributed by atoms with Gasteiger partial charge in [0.05, 0.1) is 18.1 Å². The van der Waals surface area contributed by atoms with Crippen molar-refractivity contribution in [3.8, 4) is 5.75 Å². The van der Waals surface area contributed by atoms with Crippen LogP contribution in [-0.2, 0) is 15.4 Å². The van der Waals surface area contributed by atoms with Gasteiger partial charge in [-0.25, -0.2) is 18.1 Å². The number of fused-ring (bicyclic) bond motifs is 3. The van der Waals surface area contributed by atoms with Crippen molar-refractivity contribution in [3.05, 3.63) is 82.7 Å². The van der Waals surface area contributed by atoms with E-state index in [1.165, 1.54) is 22.5 Å². The van der Waals surface area contributed by atoms with Crippen LogP contribution in [0.25, 0.3) is 5.65 Å². The van der Waals surface area contributed by atoms with Crippen LogP contribution in [0.15, 0.2) is 54.9 Å². The number of hydrogen-bond acceptors (Lipinski definition) is 8. The number of aryl methyl sites for hydroxylation is 2. The number of benzene rings is 2. The Hall–Kier alpha value is -4.45. The van der Waals surface area contributed by atoms with Crippen LogP contribution in [0.3, 0.4) is 0 Å². The summed E-state index contributed by atoms with van der Waals surface area (Å²) in [7, 11) is -3.76. The largest absolute Gasteiger partial charge is 0.492 e. The third-order valence-corrected chi connectivity index (χ3v) is 10.6. The minimum atomic E-state index is -3.76. The summed E-state index contributed by atoms with van der Waals surface area (Å²) in [5, 5.41) is 7.23. The van der Waals surface area contributed by atoms with Crippen molar-refractivity contribution < 1.29 is 22.7 Å². The Morgan fingerprint density at radius 1 is 1.02 bits per heavy atom. The van der Waals surface area contributed by atoms with E-state index in [1.54, 1.807) is 0 Å². The monoisotopic (exact) mass is 600 g/mol. The fourth-order valence-corrected chi connectivity index (χ4v) is 7.35. The Morgan fingerprint density at radius 2 is 1.79 bits per heavy atom. The molecule has 222 valence electrons. The molecule has 0 bridgehead atoms. The van der Waals surface area contributed by atoms with Gasteiger partial charge in [0.15, 0.2) is 5.65 Å². The zero-order valence-electron chi connectivity index (χ0n) is 24.0. The van der Waals surface area contributed by atoms with Crippen LogP contribution in [0.5, 0.6) is 5.75 Å². The van der Waals surface area contributed by atoms with E-state index in [1.807, 2.05) is 55.1 Å². The number of aromatic nitrogens is 3. The molecular weight excluding hydrogens is 568 g/mol. The van der Waals surface area contributed by atoms with Crippen LogP contribution in [0.2, 0.25) is 0 Å². The van der Waals surface area contributed by atoms with Gasteiger partial charge >= 0.3 is 0 Å². The van der Waals surface area contributed by atoms with Gasteiger partial charge in [0, 0.05) is 36.0 Å². The zero-order chi connectivity index (χ0) is 29.9. The molecule has 1 saturated heterocycles. The number of amides is 2. The van der Waals surface area contributed by atoms with Crippen molar-refractivity contribution in [3.63, 3.8) is 0 Å². The van der Waals surface area contributed by atoms with E-state index in [-0.39, 0.29) is 22.5 Å². The molecule has 1 saturated carbocycles. The quantitative estimate of drug-likeness (QED) is 0.341. The molecule has 43 heavy (non-hydrogen) atoms. The lowest BCUT2D eigenvalue weighted by molar-refractivity contribution is 0.0646. The number of anilines is 2. The van der Waals surface area contributed by atoms with Gasteiger partial charge in [-0.1, -0.05) is 30.3 Å². The van der Waals surface area contributed by atoms with E-state index in [2.05, 4.69) is 26.2 Å². The Balaban J connectivity index is 1.23. The topological polar surface area (TPSA) is 135 Å². The fraction of sp³-hybridized carbons (Fsp3) is 0.355. The molecule has 2 aromatic heterocycles. The van der Waals surface area contributed by atoms with E-state index in [0.717, 1.165) is 35.4 Å². The lowest BCUT2D eigenvalue weighted by Crippen LogP contribution is -2.46. The minimum absolute atomic E-state index is 0.00653. The number of rotatable bonds is 6. The summed E-state index contributed by atoms with van der Waals surface area (Å²) in [5.41, 5.74) is 4.29. The molecule has 11 nitrogen and oxygen atoms in total. The molecule has 0 atom stereocenters. The molecule has 12 heteroatoms. The molecule has 3 aliphatic rings. The summed E-state index contributed by atoms with van der Waals surface area (Å²) >= 11 is 0. The first kappa shape index (κ1) is 27.4. The number of nitrogens with one attached hydrogen (secondary N) is 2. The van der Waals surface area contributed by atoms with E-state index < -0.39 is 21.2 Å². The maximum absolute atomic E-state index is 14.1. The Kier molecular flexibility index (Phi) is 6.42. The van der Waals surface area contributed by atoms with Gasteiger partial charge < -0.3 is 15.0 Å². The number of ether oxygens (including phenoxy) is 1. The number of carbonyl (C=O) groups excluding carboxylic acids is 2. The summed E-state index contributed by atoms with van der Waals surface area (Å²) in [5.74, 6) is 0.261. The van der Waals surface area contributed by atoms with Crippen molar-refractivity contribution in [1.82, 2.24) is 24.2 Å². The normalized spacial score (nSPS) is 17.5. The second-order valence-electron chi connectivity index (χ2n) is 11.8. The molecule has 7 rings (SSSR count). The molecule has 0 unspecified atom stereocenters. The van der Waals surface area contributed by atoms with Crippen LogP contribution < -0.4 is 14.8 Å². The maximum atomic E-state index is 14.1. The number of hydrogen-bond donors (Lipinski definition) is 2. The number of carbonyl (C=O) groups is 2. The molecule has 0 radical (unpaired) electrons. The van der Waals surface area contributed by atoms with Gasteiger partial charge in [-0.2, -0.15) is 9.61 Å². The van der Waals surface area contributed by atoms with Crippen LogP contribution in [0.4, 0.5) is 11.5 Å². The van der Waals surface area contributed by atoms with E-state index in [0.29, 0.717) is 43.9 Å². The van der Waals surface area contributed by atoms with Gasteiger partial charge in [0.1, 0.15) is 22.7 Å². The lowest BCUT2D eigenvalue weighted by Gasteiger charge is -2.38. The third-order valence-electron chi connectivity index (χ3n) is 8.82. The highest BCUT2D eigenvalue weighted by Crippen LogP contribution is 2.45. The van der Waals surface area contributed by atoms with Crippen LogP contribution in [0, 0.1) is 13.8 Å². The molecule has 2 aliphatic heterocycles. The number of piperidine rings is 1. The summed E-state index contributed by atoms with van der Waals surface area (Å²) in [6, 6.07) is 14.1.